The van der Waals surface area contributed by atoms with E-state index in [1.54, 1.807) is 25.3 Å². The lowest BCUT2D eigenvalue weighted by atomic mass is 10.1. The Balaban J connectivity index is 1.45. The molecule has 3 aromatic carbocycles. The number of hydrogen-bond donors (Lipinski definition) is 1. The average molecular weight is 443 g/mol. The molecule has 0 radical (unpaired) electrons. The third-order valence-electron chi connectivity index (χ3n) is 6.22. The fourth-order valence-corrected chi connectivity index (χ4v) is 4.62. The van der Waals surface area contributed by atoms with E-state index in [4.69, 9.17) is 9.47 Å². The Bertz CT molecular complexity index is 1330. The number of pyridine rings is 1. The van der Waals surface area contributed by atoms with E-state index in [9.17, 15) is 9.59 Å². The van der Waals surface area contributed by atoms with Gasteiger partial charge in [-0.15, -0.1) is 0 Å². The summed E-state index contributed by atoms with van der Waals surface area (Å²) in [7, 11) is 1.61. The standard InChI is InChI=1S/C27H26N2O4/c1-32-24-15-14-18(16-25(24)33-19-8-2-3-9-19)28-26(30)17-29-22-12-6-4-10-20(22)27(31)21-11-5-7-13-23(21)29/h4-7,10-16,19H,2-3,8-9,17H2,1H3,(H,28,30). The van der Waals surface area contributed by atoms with Crippen molar-refractivity contribution in [3.05, 3.63) is 77.0 Å². The van der Waals surface area contributed by atoms with Gasteiger partial charge in [-0.25, -0.2) is 0 Å². The molecule has 4 aromatic rings. The van der Waals surface area contributed by atoms with Crippen LogP contribution in [0.4, 0.5) is 5.69 Å². The van der Waals surface area contributed by atoms with Crippen LogP contribution in [0.15, 0.2) is 71.5 Å². The van der Waals surface area contributed by atoms with Crippen LogP contribution in [0.3, 0.4) is 0 Å². The highest BCUT2D eigenvalue weighted by molar-refractivity contribution is 5.97. The minimum atomic E-state index is -0.189. The van der Waals surface area contributed by atoms with E-state index in [-0.39, 0.29) is 24.0 Å². The van der Waals surface area contributed by atoms with E-state index in [1.165, 1.54) is 12.8 Å². The third-order valence-corrected chi connectivity index (χ3v) is 6.22. The number of ether oxygens (including phenoxy) is 2. The van der Waals surface area contributed by atoms with Gasteiger partial charge >= 0.3 is 0 Å². The van der Waals surface area contributed by atoms with Gasteiger partial charge in [0.05, 0.1) is 24.2 Å². The first-order chi connectivity index (χ1) is 16.1. The zero-order valence-corrected chi connectivity index (χ0v) is 18.5. The molecule has 6 heteroatoms. The molecule has 1 fully saturated rings. The van der Waals surface area contributed by atoms with Crippen molar-refractivity contribution in [3.63, 3.8) is 0 Å². The summed E-state index contributed by atoms with van der Waals surface area (Å²) in [4.78, 5) is 26.0. The van der Waals surface area contributed by atoms with Gasteiger partial charge in [-0.2, -0.15) is 0 Å². The van der Waals surface area contributed by atoms with Gasteiger partial charge in [0.25, 0.3) is 0 Å². The minimum absolute atomic E-state index is 0.0262. The van der Waals surface area contributed by atoms with Crippen LogP contribution in [0.5, 0.6) is 11.5 Å². The number of benzene rings is 3. The van der Waals surface area contributed by atoms with E-state index in [2.05, 4.69) is 5.32 Å². The van der Waals surface area contributed by atoms with E-state index in [1.807, 2.05) is 53.1 Å². The highest BCUT2D eigenvalue weighted by atomic mass is 16.5. The SMILES string of the molecule is COc1ccc(NC(=O)Cn2c3ccccc3c(=O)c3ccccc32)cc1OC1CCCC1. The van der Waals surface area contributed by atoms with Gasteiger partial charge in [-0.05, 0) is 62.1 Å². The third kappa shape index (κ3) is 4.16. The van der Waals surface area contributed by atoms with Gasteiger partial charge in [0.2, 0.25) is 5.91 Å². The molecule has 1 aromatic heterocycles. The highest BCUT2D eigenvalue weighted by Crippen LogP contribution is 2.34. The molecule has 5 rings (SSSR count). The van der Waals surface area contributed by atoms with Gasteiger partial charge in [-0.3, -0.25) is 9.59 Å². The lowest BCUT2D eigenvalue weighted by Crippen LogP contribution is -2.21. The predicted octanol–water partition coefficient (Wildman–Crippen LogP) is 5.12. The van der Waals surface area contributed by atoms with Crippen molar-refractivity contribution in [2.24, 2.45) is 0 Å². The summed E-state index contributed by atoms with van der Waals surface area (Å²) in [5.74, 6) is 1.10. The Morgan fingerprint density at radius 1 is 0.939 bits per heavy atom. The highest BCUT2D eigenvalue weighted by Gasteiger charge is 2.19. The van der Waals surface area contributed by atoms with Crippen molar-refractivity contribution in [2.45, 2.75) is 38.3 Å². The van der Waals surface area contributed by atoms with Crippen molar-refractivity contribution in [1.29, 1.82) is 0 Å². The number of fused-ring (bicyclic) bond motifs is 2. The number of amides is 1. The molecule has 6 nitrogen and oxygen atoms in total. The van der Waals surface area contributed by atoms with Crippen LogP contribution in [-0.2, 0) is 11.3 Å². The molecule has 1 aliphatic rings. The molecule has 1 heterocycles. The Labute approximate surface area is 191 Å². The lowest BCUT2D eigenvalue weighted by molar-refractivity contribution is -0.116. The number of methoxy groups -OCH3 is 1. The summed E-state index contributed by atoms with van der Waals surface area (Å²) in [5, 5.41) is 4.17. The maximum Gasteiger partial charge on any atom is 0.244 e. The zero-order chi connectivity index (χ0) is 22.8. The number of carbonyl (C=O) groups excluding carboxylic acids is 1. The molecular weight excluding hydrogens is 416 g/mol. The summed E-state index contributed by atoms with van der Waals surface area (Å²) in [6.07, 6.45) is 4.59. The van der Waals surface area contributed by atoms with Crippen LogP contribution in [0.1, 0.15) is 25.7 Å². The number of aromatic nitrogens is 1. The van der Waals surface area contributed by atoms with Crippen LogP contribution in [-0.4, -0.2) is 23.7 Å². The smallest absolute Gasteiger partial charge is 0.244 e. The van der Waals surface area contributed by atoms with Gasteiger partial charge in [0.1, 0.15) is 6.54 Å². The summed E-state index contributed by atoms with van der Waals surface area (Å²) in [5.41, 5.74) is 2.08. The second-order valence-corrected chi connectivity index (χ2v) is 8.39. The van der Waals surface area contributed by atoms with Crippen molar-refractivity contribution < 1.29 is 14.3 Å². The topological polar surface area (TPSA) is 69.6 Å². The molecular formula is C27H26N2O4. The molecule has 33 heavy (non-hydrogen) atoms. The molecule has 0 spiro atoms. The molecule has 0 bridgehead atoms. The fourth-order valence-electron chi connectivity index (χ4n) is 4.62. The second kappa shape index (κ2) is 8.98. The van der Waals surface area contributed by atoms with Crippen LogP contribution in [0.2, 0.25) is 0 Å². The van der Waals surface area contributed by atoms with Crippen LogP contribution in [0, 0.1) is 0 Å². The quantitative estimate of drug-likeness (QED) is 0.421. The van der Waals surface area contributed by atoms with Crippen molar-refractivity contribution in [1.82, 2.24) is 4.57 Å². The molecule has 1 saturated carbocycles. The first kappa shape index (κ1) is 21.1. The first-order valence-corrected chi connectivity index (χ1v) is 11.3. The van der Waals surface area contributed by atoms with Crippen LogP contribution in [0.25, 0.3) is 21.8 Å². The van der Waals surface area contributed by atoms with E-state index < -0.39 is 0 Å². The van der Waals surface area contributed by atoms with Crippen LogP contribution >= 0.6 is 0 Å². The molecule has 0 aliphatic heterocycles. The summed E-state index contributed by atoms with van der Waals surface area (Å²) < 4.78 is 13.5. The number of nitrogens with one attached hydrogen (secondary N) is 1. The number of nitrogens with zero attached hydrogens (tertiary/aromatic N) is 1. The normalized spacial score (nSPS) is 14.0. The lowest BCUT2D eigenvalue weighted by Gasteiger charge is -2.18. The van der Waals surface area contributed by atoms with Gasteiger partial charge in [0.15, 0.2) is 16.9 Å². The summed E-state index contributed by atoms with van der Waals surface area (Å²) >= 11 is 0. The van der Waals surface area contributed by atoms with Crippen molar-refractivity contribution in [2.75, 3.05) is 12.4 Å². The predicted molar refractivity (Wildman–Crippen MR) is 130 cm³/mol. The minimum Gasteiger partial charge on any atom is -0.493 e. The zero-order valence-electron chi connectivity index (χ0n) is 18.5. The van der Waals surface area contributed by atoms with Crippen LogP contribution < -0.4 is 20.2 Å². The number of anilines is 1. The van der Waals surface area contributed by atoms with E-state index >= 15 is 0 Å². The largest absolute Gasteiger partial charge is 0.493 e. The van der Waals surface area contributed by atoms with Crippen molar-refractivity contribution >= 4 is 33.4 Å². The Kier molecular flexibility index (Phi) is 5.73. The number of rotatable bonds is 6. The monoisotopic (exact) mass is 442 g/mol. The van der Waals surface area contributed by atoms with E-state index in [0.29, 0.717) is 28.0 Å². The molecule has 168 valence electrons. The van der Waals surface area contributed by atoms with Crippen molar-refractivity contribution in [3.8, 4) is 11.5 Å². The van der Waals surface area contributed by atoms with Gasteiger partial charge < -0.3 is 19.4 Å². The summed E-state index contributed by atoms with van der Waals surface area (Å²) in [6, 6.07) is 20.2. The molecule has 0 unspecified atom stereocenters. The van der Waals surface area contributed by atoms with Gasteiger partial charge in [0, 0.05) is 22.5 Å². The maximum atomic E-state index is 13.1. The fraction of sp³-hybridized carbons (Fsp3) is 0.259. The number of para-hydroxylation sites is 2. The summed E-state index contributed by atoms with van der Waals surface area (Å²) in [6.45, 7) is 0.0755. The Hall–Kier alpha value is -3.80. The number of hydrogen-bond acceptors (Lipinski definition) is 4. The molecule has 1 N–H and O–H groups in total. The Morgan fingerprint density at radius 2 is 1.58 bits per heavy atom. The average Bonchev–Trinajstić information content (AvgIpc) is 3.35. The molecule has 0 atom stereocenters. The maximum absolute atomic E-state index is 13.1. The first-order valence-electron chi connectivity index (χ1n) is 11.3. The number of carbonyl (C=O) groups is 1. The second-order valence-electron chi connectivity index (χ2n) is 8.39. The Morgan fingerprint density at radius 3 is 2.21 bits per heavy atom. The van der Waals surface area contributed by atoms with E-state index in [0.717, 1.165) is 23.9 Å². The molecule has 1 aliphatic carbocycles. The molecule has 0 saturated heterocycles. The molecule has 1 amide bonds. The van der Waals surface area contributed by atoms with Gasteiger partial charge in [-0.1, -0.05) is 24.3 Å².